The van der Waals surface area contributed by atoms with E-state index in [1.807, 2.05) is 0 Å². The lowest BCUT2D eigenvalue weighted by atomic mass is 10.1. The number of esters is 1. The van der Waals surface area contributed by atoms with Gasteiger partial charge in [0.05, 0.1) is 11.5 Å². The number of ether oxygens (including phenoxy) is 1. The van der Waals surface area contributed by atoms with Gasteiger partial charge in [-0.2, -0.15) is 0 Å². The van der Waals surface area contributed by atoms with E-state index >= 15 is 0 Å². The fourth-order valence-corrected chi connectivity index (χ4v) is 1.22. The standard InChI is InChI=1S/C11H11NO6/c1-2-18-10(14)4-3-7-5-8(12(16)17)11(15)9(13)6-7/h3-6,13,15H,2H2,1H3/b4-3+. The van der Waals surface area contributed by atoms with Crippen LogP contribution in [0.15, 0.2) is 18.2 Å². The fraction of sp³-hybridized carbons (Fsp3) is 0.182. The molecular weight excluding hydrogens is 242 g/mol. The number of aromatic hydroxyl groups is 2. The van der Waals surface area contributed by atoms with E-state index in [1.54, 1.807) is 6.92 Å². The molecule has 0 heterocycles. The molecule has 1 aromatic rings. The second kappa shape index (κ2) is 5.67. The van der Waals surface area contributed by atoms with Crippen LogP contribution in [0.4, 0.5) is 5.69 Å². The molecule has 1 aromatic carbocycles. The summed E-state index contributed by atoms with van der Waals surface area (Å²) in [6.45, 7) is 1.85. The van der Waals surface area contributed by atoms with Crippen LogP contribution >= 0.6 is 0 Å². The van der Waals surface area contributed by atoms with Crippen LogP contribution in [0.2, 0.25) is 0 Å². The molecule has 18 heavy (non-hydrogen) atoms. The maximum absolute atomic E-state index is 11.0. The molecule has 0 saturated carbocycles. The maximum Gasteiger partial charge on any atom is 0.330 e. The van der Waals surface area contributed by atoms with Crippen molar-refractivity contribution in [3.8, 4) is 11.5 Å². The monoisotopic (exact) mass is 253 g/mol. The van der Waals surface area contributed by atoms with Gasteiger partial charge in [-0.15, -0.1) is 0 Å². The van der Waals surface area contributed by atoms with Crippen molar-refractivity contribution >= 4 is 17.7 Å². The molecule has 0 aliphatic carbocycles. The summed E-state index contributed by atoms with van der Waals surface area (Å²) in [5.41, 5.74) is -0.441. The molecule has 7 heteroatoms. The van der Waals surface area contributed by atoms with Crippen LogP contribution in [-0.2, 0) is 9.53 Å². The molecule has 0 atom stereocenters. The van der Waals surface area contributed by atoms with E-state index in [0.717, 1.165) is 18.2 Å². The van der Waals surface area contributed by atoms with Gasteiger partial charge in [0.2, 0.25) is 5.75 Å². The number of hydrogen-bond donors (Lipinski definition) is 2. The van der Waals surface area contributed by atoms with Gasteiger partial charge in [0.15, 0.2) is 5.75 Å². The van der Waals surface area contributed by atoms with Crippen LogP contribution < -0.4 is 0 Å². The zero-order valence-electron chi connectivity index (χ0n) is 9.49. The van der Waals surface area contributed by atoms with Gasteiger partial charge in [0, 0.05) is 12.1 Å². The second-order valence-corrected chi connectivity index (χ2v) is 3.25. The van der Waals surface area contributed by atoms with E-state index in [-0.39, 0.29) is 12.2 Å². The van der Waals surface area contributed by atoms with Crippen molar-refractivity contribution < 1.29 is 24.7 Å². The average molecular weight is 253 g/mol. The number of hydrogen-bond acceptors (Lipinski definition) is 6. The predicted molar refractivity (Wildman–Crippen MR) is 62.1 cm³/mol. The third-order valence-electron chi connectivity index (χ3n) is 1.99. The van der Waals surface area contributed by atoms with Crippen LogP contribution in [-0.4, -0.2) is 27.7 Å². The number of phenolic OH excluding ortho intramolecular Hbond substituents is 2. The fourth-order valence-electron chi connectivity index (χ4n) is 1.22. The maximum atomic E-state index is 11.0. The molecule has 1 rings (SSSR count). The van der Waals surface area contributed by atoms with E-state index in [0.29, 0.717) is 0 Å². The number of nitrogens with zero attached hydrogens (tertiary/aromatic N) is 1. The molecule has 0 aliphatic heterocycles. The molecular formula is C11H11NO6. The van der Waals surface area contributed by atoms with Crippen molar-refractivity contribution in [2.24, 2.45) is 0 Å². The predicted octanol–water partition coefficient (Wildman–Crippen LogP) is 1.58. The molecule has 0 fully saturated rings. The normalized spacial score (nSPS) is 10.5. The highest BCUT2D eigenvalue weighted by atomic mass is 16.6. The van der Waals surface area contributed by atoms with E-state index in [9.17, 15) is 25.1 Å². The van der Waals surface area contributed by atoms with Crippen molar-refractivity contribution in [1.82, 2.24) is 0 Å². The molecule has 0 saturated heterocycles. The minimum Gasteiger partial charge on any atom is -0.504 e. The van der Waals surface area contributed by atoms with Gasteiger partial charge >= 0.3 is 11.7 Å². The van der Waals surface area contributed by atoms with E-state index < -0.39 is 28.1 Å². The quantitative estimate of drug-likeness (QED) is 0.277. The van der Waals surface area contributed by atoms with E-state index in [2.05, 4.69) is 4.74 Å². The van der Waals surface area contributed by atoms with Crippen molar-refractivity contribution in [2.75, 3.05) is 6.61 Å². The molecule has 7 nitrogen and oxygen atoms in total. The first-order valence-electron chi connectivity index (χ1n) is 5.01. The molecule has 0 amide bonds. The number of phenols is 2. The summed E-state index contributed by atoms with van der Waals surface area (Å²) in [4.78, 5) is 20.8. The average Bonchev–Trinajstić information content (AvgIpc) is 2.30. The smallest absolute Gasteiger partial charge is 0.330 e. The Morgan fingerprint density at radius 1 is 1.50 bits per heavy atom. The Morgan fingerprint density at radius 2 is 2.17 bits per heavy atom. The zero-order valence-corrected chi connectivity index (χ0v) is 9.49. The lowest BCUT2D eigenvalue weighted by Crippen LogP contribution is -1.98. The molecule has 0 spiro atoms. The Kier molecular flexibility index (Phi) is 4.25. The van der Waals surface area contributed by atoms with Crippen LogP contribution in [0.25, 0.3) is 6.08 Å². The first-order valence-corrected chi connectivity index (χ1v) is 5.01. The van der Waals surface area contributed by atoms with Crippen LogP contribution in [0, 0.1) is 10.1 Å². The number of rotatable bonds is 4. The van der Waals surface area contributed by atoms with Gasteiger partial charge in [-0.3, -0.25) is 10.1 Å². The van der Waals surface area contributed by atoms with E-state index in [4.69, 9.17) is 0 Å². The summed E-state index contributed by atoms with van der Waals surface area (Å²) in [6.07, 6.45) is 2.31. The van der Waals surface area contributed by atoms with Crippen LogP contribution in [0.5, 0.6) is 11.5 Å². The largest absolute Gasteiger partial charge is 0.504 e. The Labute approximate surface area is 102 Å². The molecule has 0 aromatic heterocycles. The molecule has 0 bridgehead atoms. The summed E-state index contributed by atoms with van der Waals surface area (Å²) in [7, 11) is 0. The third-order valence-corrected chi connectivity index (χ3v) is 1.99. The van der Waals surface area contributed by atoms with Gasteiger partial charge in [-0.1, -0.05) is 0 Å². The minimum atomic E-state index is -0.837. The minimum absolute atomic E-state index is 0.199. The van der Waals surface area contributed by atoms with Crippen LogP contribution in [0.1, 0.15) is 12.5 Å². The first kappa shape index (κ1) is 13.5. The highest BCUT2D eigenvalue weighted by Crippen LogP contribution is 2.36. The Bertz CT molecular complexity index is 509. The first-order chi connectivity index (χ1) is 8.45. The molecule has 96 valence electrons. The van der Waals surface area contributed by atoms with Crippen molar-refractivity contribution in [2.45, 2.75) is 6.92 Å². The molecule has 0 radical (unpaired) electrons. The van der Waals surface area contributed by atoms with Gasteiger partial charge in [0.1, 0.15) is 0 Å². The van der Waals surface area contributed by atoms with Gasteiger partial charge in [0.25, 0.3) is 0 Å². The van der Waals surface area contributed by atoms with Crippen molar-refractivity contribution in [3.05, 3.63) is 33.9 Å². The number of nitro groups is 1. The lowest BCUT2D eigenvalue weighted by molar-refractivity contribution is -0.386. The van der Waals surface area contributed by atoms with Gasteiger partial charge in [-0.05, 0) is 24.6 Å². The van der Waals surface area contributed by atoms with Crippen molar-refractivity contribution in [1.29, 1.82) is 0 Å². The highest BCUT2D eigenvalue weighted by Gasteiger charge is 2.17. The third kappa shape index (κ3) is 3.21. The lowest BCUT2D eigenvalue weighted by Gasteiger charge is -2.01. The number of carbonyl (C=O) groups is 1. The summed E-state index contributed by atoms with van der Waals surface area (Å²) in [6, 6.07) is 2.13. The molecule has 0 aliphatic rings. The Hall–Kier alpha value is -2.57. The SMILES string of the molecule is CCOC(=O)/C=C/c1cc(O)c(O)c([N+](=O)[O-])c1. The summed E-state index contributed by atoms with van der Waals surface area (Å²) in [5.74, 6) is -2.05. The van der Waals surface area contributed by atoms with Crippen LogP contribution in [0.3, 0.4) is 0 Å². The summed E-state index contributed by atoms with van der Waals surface area (Å²) >= 11 is 0. The van der Waals surface area contributed by atoms with Crippen molar-refractivity contribution in [3.63, 3.8) is 0 Å². The zero-order chi connectivity index (χ0) is 13.7. The topological polar surface area (TPSA) is 110 Å². The summed E-state index contributed by atoms with van der Waals surface area (Å²) in [5, 5.41) is 29.1. The molecule has 2 N–H and O–H groups in total. The Morgan fingerprint density at radius 3 is 2.72 bits per heavy atom. The van der Waals surface area contributed by atoms with Gasteiger partial charge in [-0.25, -0.2) is 4.79 Å². The second-order valence-electron chi connectivity index (χ2n) is 3.25. The summed E-state index contributed by atoms with van der Waals surface area (Å²) < 4.78 is 4.62. The van der Waals surface area contributed by atoms with Gasteiger partial charge < -0.3 is 14.9 Å². The molecule has 0 unspecified atom stereocenters. The highest BCUT2D eigenvalue weighted by molar-refractivity contribution is 5.87. The number of benzene rings is 1. The number of nitro benzene ring substituents is 1. The number of carbonyl (C=O) groups excluding carboxylic acids is 1. The van der Waals surface area contributed by atoms with E-state index in [1.165, 1.54) is 6.08 Å². The Balaban J connectivity index is 3.04.